The van der Waals surface area contributed by atoms with Crippen LogP contribution in [0.15, 0.2) is 77.7 Å². The molecule has 9 heteroatoms. The lowest BCUT2D eigenvalue weighted by atomic mass is 10.1. The highest BCUT2D eigenvalue weighted by Crippen LogP contribution is 2.20. The van der Waals surface area contributed by atoms with Crippen LogP contribution in [0.4, 0.5) is 10.1 Å². The monoisotopic (exact) mass is 424 g/mol. The molecule has 0 radical (unpaired) electrons. The van der Waals surface area contributed by atoms with Crippen LogP contribution in [0.3, 0.4) is 0 Å². The summed E-state index contributed by atoms with van der Waals surface area (Å²) >= 11 is 0. The molecular weight excluding hydrogens is 407 g/mol. The second-order valence-electron chi connectivity index (χ2n) is 6.49. The molecule has 1 amide bonds. The third kappa shape index (κ3) is 4.15. The van der Waals surface area contributed by atoms with E-state index in [0.717, 1.165) is 35.3 Å². The van der Waals surface area contributed by atoms with E-state index in [4.69, 9.17) is 0 Å². The third-order valence-corrected chi connectivity index (χ3v) is 5.78. The van der Waals surface area contributed by atoms with E-state index in [1.54, 1.807) is 12.1 Å². The number of carbonyl (C=O) groups excluding carboxylic acids is 1. The van der Waals surface area contributed by atoms with Crippen molar-refractivity contribution in [3.05, 3.63) is 90.0 Å². The molecule has 0 bridgehead atoms. The number of fused-ring (bicyclic) bond motifs is 1. The number of amides is 1. The zero-order valence-electron chi connectivity index (χ0n) is 15.6. The first kappa shape index (κ1) is 19.6. The van der Waals surface area contributed by atoms with Gasteiger partial charge in [0.05, 0.1) is 33.7 Å². The lowest BCUT2D eigenvalue weighted by Crippen LogP contribution is -2.25. The van der Waals surface area contributed by atoms with Gasteiger partial charge in [-0.25, -0.2) is 17.8 Å². The van der Waals surface area contributed by atoms with E-state index in [0.29, 0.717) is 5.82 Å². The number of hydrogen-bond acceptors (Lipinski definition) is 4. The maximum Gasteiger partial charge on any atom is 0.261 e. The van der Waals surface area contributed by atoms with Crippen LogP contribution in [-0.2, 0) is 16.6 Å². The van der Waals surface area contributed by atoms with E-state index in [1.165, 1.54) is 12.1 Å². The molecule has 1 heterocycles. The Balaban J connectivity index is 1.52. The molecule has 0 saturated heterocycles. The molecule has 1 aromatic heterocycles. The molecule has 152 valence electrons. The second-order valence-corrected chi connectivity index (χ2v) is 8.17. The summed E-state index contributed by atoms with van der Waals surface area (Å²) in [5.41, 5.74) is 1.91. The number of aromatic amines is 1. The first-order chi connectivity index (χ1) is 14.4. The van der Waals surface area contributed by atoms with E-state index in [-0.39, 0.29) is 22.7 Å². The molecule has 0 aliphatic heterocycles. The summed E-state index contributed by atoms with van der Waals surface area (Å²) in [6, 6.07) is 18.1. The second kappa shape index (κ2) is 7.96. The molecule has 0 aliphatic carbocycles. The molecule has 0 spiro atoms. The van der Waals surface area contributed by atoms with Gasteiger partial charge in [-0.1, -0.05) is 24.3 Å². The summed E-state index contributed by atoms with van der Waals surface area (Å²) in [6.07, 6.45) is 0. The number of sulfonamides is 1. The number of halogens is 1. The Kier molecular flexibility index (Phi) is 5.20. The molecule has 3 aromatic carbocycles. The minimum Gasteiger partial charge on any atom is -0.345 e. The van der Waals surface area contributed by atoms with Crippen LogP contribution in [-0.4, -0.2) is 24.3 Å². The van der Waals surface area contributed by atoms with Crippen LogP contribution in [0.25, 0.3) is 11.0 Å². The molecule has 0 aliphatic rings. The Hall–Kier alpha value is -3.72. The molecule has 3 N–H and O–H groups in total. The summed E-state index contributed by atoms with van der Waals surface area (Å²) in [4.78, 5) is 20.1. The summed E-state index contributed by atoms with van der Waals surface area (Å²) in [7, 11) is -3.99. The molecule has 7 nitrogen and oxygen atoms in total. The van der Waals surface area contributed by atoms with E-state index >= 15 is 0 Å². The predicted octanol–water partition coefficient (Wildman–Crippen LogP) is 3.43. The smallest absolute Gasteiger partial charge is 0.261 e. The quantitative estimate of drug-likeness (QED) is 0.441. The topological polar surface area (TPSA) is 104 Å². The van der Waals surface area contributed by atoms with Crippen molar-refractivity contribution in [1.82, 2.24) is 15.3 Å². The van der Waals surface area contributed by atoms with E-state index in [2.05, 4.69) is 20.0 Å². The van der Waals surface area contributed by atoms with E-state index in [1.807, 2.05) is 24.3 Å². The number of hydrogen-bond donors (Lipinski definition) is 3. The lowest BCUT2D eigenvalue weighted by Gasteiger charge is -2.12. The van der Waals surface area contributed by atoms with Gasteiger partial charge >= 0.3 is 0 Å². The highest BCUT2D eigenvalue weighted by Gasteiger charge is 2.19. The zero-order chi connectivity index (χ0) is 21.1. The number of rotatable bonds is 6. The third-order valence-electron chi connectivity index (χ3n) is 4.39. The standard InChI is InChI=1S/C21H17FN4O3S/c22-14-9-11-15(12-10-14)30(28,29)26-17-6-2-1-5-16(17)21(27)23-13-20-24-18-7-3-4-8-19(18)25-20/h1-12,26H,13H2,(H,23,27)(H,24,25). The average molecular weight is 424 g/mol. The van der Waals surface area contributed by atoms with Gasteiger partial charge in [0, 0.05) is 0 Å². The van der Waals surface area contributed by atoms with Crippen molar-refractivity contribution < 1.29 is 17.6 Å². The fraction of sp³-hybridized carbons (Fsp3) is 0.0476. The van der Waals surface area contributed by atoms with Gasteiger partial charge in [-0.3, -0.25) is 9.52 Å². The number of aromatic nitrogens is 2. The molecule has 4 rings (SSSR count). The maximum absolute atomic E-state index is 13.1. The van der Waals surface area contributed by atoms with Gasteiger partial charge in [-0.05, 0) is 48.5 Å². The molecule has 0 saturated carbocycles. The van der Waals surface area contributed by atoms with Crippen molar-refractivity contribution in [3.63, 3.8) is 0 Å². The average Bonchev–Trinajstić information content (AvgIpc) is 3.15. The normalized spacial score (nSPS) is 11.4. The number of anilines is 1. The number of nitrogens with one attached hydrogen (secondary N) is 3. The van der Waals surface area contributed by atoms with Crippen LogP contribution in [0.5, 0.6) is 0 Å². The van der Waals surface area contributed by atoms with E-state index in [9.17, 15) is 17.6 Å². The van der Waals surface area contributed by atoms with Crippen molar-refractivity contribution in [2.75, 3.05) is 4.72 Å². The van der Waals surface area contributed by atoms with Gasteiger partial charge in [-0.2, -0.15) is 0 Å². The van der Waals surface area contributed by atoms with Gasteiger partial charge in [0.15, 0.2) is 0 Å². The Labute approximate surface area is 172 Å². The highest BCUT2D eigenvalue weighted by molar-refractivity contribution is 7.92. The number of para-hydroxylation sites is 3. The van der Waals surface area contributed by atoms with Crippen molar-refractivity contribution >= 4 is 32.7 Å². The number of imidazole rings is 1. The Bertz CT molecular complexity index is 1280. The van der Waals surface area contributed by atoms with Crippen LogP contribution in [0.2, 0.25) is 0 Å². The largest absolute Gasteiger partial charge is 0.345 e. The fourth-order valence-electron chi connectivity index (χ4n) is 2.94. The minimum atomic E-state index is -3.99. The van der Waals surface area contributed by atoms with Crippen molar-refractivity contribution in [2.24, 2.45) is 0 Å². The van der Waals surface area contributed by atoms with Gasteiger partial charge < -0.3 is 10.3 Å². The van der Waals surface area contributed by atoms with E-state index < -0.39 is 21.7 Å². The first-order valence-electron chi connectivity index (χ1n) is 9.02. The lowest BCUT2D eigenvalue weighted by molar-refractivity contribution is 0.0951. The molecule has 30 heavy (non-hydrogen) atoms. The molecular formula is C21H17FN4O3S. The molecule has 4 aromatic rings. The molecule has 0 unspecified atom stereocenters. The summed E-state index contributed by atoms with van der Waals surface area (Å²) in [5, 5.41) is 2.73. The Morgan fingerprint density at radius 3 is 2.43 bits per heavy atom. The SMILES string of the molecule is O=C(NCc1nc2ccccc2[nH]1)c1ccccc1NS(=O)(=O)c1ccc(F)cc1. The number of carbonyl (C=O) groups is 1. The zero-order valence-corrected chi connectivity index (χ0v) is 16.4. The summed E-state index contributed by atoms with van der Waals surface area (Å²) in [5.74, 6) is -0.430. The fourth-order valence-corrected chi connectivity index (χ4v) is 4.02. The molecule has 0 fully saturated rings. The Morgan fingerprint density at radius 1 is 0.967 bits per heavy atom. The maximum atomic E-state index is 13.1. The van der Waals surface area contributed by atoms with Crippen molar-refractivity contribution in [2.45, 2.75) is 11.4 Å². The van der Waals surface area contributed by atoms with Gasteiger partial charge in [0.1, 0.15) is 11.6 Å². The Morgan fingerprint density at radius 2 is 1.67 bits per heavy atom. The van der Waals surface area contributed by atoms with Gasteiger partial charge in [0.2, 0.25) is 0 Å². The van der Waals surface area contributed by atoms with Crippen LogP contribution in [0.1, 0.15) is 16.2 Å². The van der Waals surface area contributed by atoms with Gasteiger partial charge in [-0.15, -0.1) is 0 Å². The van der Waals surface area contributed by atoms with Crippen LogP contribution < -0.4 is 10.0 Å². The highest BCUT2D eigenvalue weighted by atomic mass is 32.2. The predicted molar refractivity (Wildman–Crippen MR) is 111 cm³/mol. The molecule has 0 atom stereocenters. The number of nitrogens with zero attached hydrogens (tertiary/aromatic N) is 1. The number of H-pyrrole nitrogens is 1. The number of benzene rings is 3. The van der Waals surface area contributed by atoms with Crippen LogP contribution >= 0.6 is 0 Å². The summed E-state index contributed by atoms with van der Waals surface area (Å²) < 4.78 is 40.6. The minimum absolute atomic E-state index is 0.110. The first-order valence-corrected chi connectivity index (χ1v) is 10.5. The van der Waals surface area contributed by atoms with Crippen molar-refractivity contribution in [1.29, 1.82) is 0 Å². The van der Waals surface area contributed by atoms with Crippen LogP contribution in [0, 0.1) is 5.82 Å². The summed E-state index contributed by atoms with van der Waals surface area (Å²) in [6.45, 7) is 0.145. The van der Waals surface area contributed by atoms with Gasteiger partial charge in [0.25, 0.3) is 15.9 Å². The van der Waals surface area contributed by atoms with Crippen molar-refractivity contribution in [3.8, 4) is 0 Å².